The molecule has 2 heterocycles. The highest BCUT2D eigenvalue weighted by molar-refractivity contribution is 7.22. The van der Waals surface area contributed by atoms with Gasteiger partial charge >= 0.3 is 5.91 Å². The molecule has 0 saturated carbocycles. The van der Waals surface area contributed by atoms with Gasteiger partial charge in [-0.05, 0) is 56.2 Å². The summed E-state index contributed by atoms with van der Waals surface area (Å²) in [7, 11) is 1.58. The van der Waals surface area contributed by atoms with Gasteiger partial charge < -0.3 is 19.3 Å². The first-order chi connectivity index (χ1) is 19.4. The number of hydrogen-bond acceptors (Lipinski definition) is 8. The number of anilines is 1. The van der Waals surface area contributed by atoms with E-state index in [0.29, 0.717) is 52.2 Å². The summed E-state index contributed by atoms with van der Waals surface area (Å²) in [4.78, 5) is 33.2. The standard InChI is InChI=1S/C31H30N2O6S/c1-5-15-39-23-14-11-20(16-24(23)38-6-2)27-26(28(34)19-9-7-18(3)8-10-19)29(35)30(36)33(27)31-32-22-13-12-21(37-4)17-25(22)40-31/h7-14,16-17,27,34H,5-6,15H2,1-4H3/b28-26+. The topological polar surface area (TPSA) is 98.2 Å². The number of benzene rings is 3. The van der Waals surface area contributed by atoms with E-state index < -0.39 is 17.7 Å². The van der Waals surface area contributed by atoms with Crippen molar-refractivity contribution in [1.82, 2.24) is 4.98 Å². The Kier molecular flexibility index (Phi) is 7.75. The second-order valence-corrected chi connectivity index (χ2v) is 10.4. The molecule has 1 N–H and O–H groups in total. The lowest BCUT2D eigenvalue weighted by molar-refractivity contribution is -0.132. The van der Waals surface area contributed by atoms with E-state index in [0.717, 1.165) is 16.7 Å². The van der Waals surface area contributed by atoms with Crippen LogP contribution in [-0.4, -0.2) is 42.1 Å². The van der Waals surface area contributed by atoms with Crippen LogP contribution in [0.5, 0.6) is 17.2 Å². The Labute approximate surface area is 236 Å². The fraction of sp³-hybridized carbons (Fsp3) is 0.258. The monoisotopic (exact) mass is 558 g/mol. The number of Topliss-reactive ketones (excluding diaryl/α,β-unsaturated/α-hetero) is 1. The van der Waals surface area contributed by atoms with Crippen LogP contribution in [0.3, 0.4) is 0 Å². The average molecular weight is 559 g/mol. The number of aromatic nitrogens is 1. The predicted octanol–water partition coefficient (Wildman–Crippen LogP) is 6.43. The van der Waals surface area contributed by atoms with Gasteiger partial charge in [0, 0.05) is 5.56 Å². The first-order valence-electron chi connectivity index (χ1n) is 13.1. The normalized spacial score (nSPS) is 16.5. The molecule has 9 heteroatoms. The van der Waals surface area contributed by atoms with Crippen molar-refractivity contribution >= 4 is 44.1 Å². The number of ketones is 1. The van der Waals surface area contributed by atoms with Crippen LogP contribution in [0.25, 0.3) is 16.0 Å². The number of carbonyl (C=O) groups excluding carboxylic acids is 2. The van der Waals surface area contributed by atoms with Gasteiger partial charge in [-0.2, -0.15) is 0 Å². The Hall–Kier alpha value is -4.37. The SMILES string of the molecule is CCCOc1ccc(C2/C(=C(\O)c3ccc(C)cc3)C(=O)C(=O)N2c2nc3ccc(OC)cc3s2)cc1OCC. The Balaban J connectivity index is 1.71. The molecular formula is C31H30N2O6S. The number of amides is 1. The molecule has 0 spiro atoms. The van der Waals surface area contributed by atoms with Crippen molar-refractivity contribution in [2.75, 3.05) is 25.2 Å². The second kappa shape index (κ2) is 11.4. The van der Waals surface area contributed by atoms with Crippen LogP contribution in [0.15, 0.2) is 66.2 Å². The molecule has 1 aromatic heterocycles. The van der Waals surface area contributed by atoms with E-state index in [-0.39, 0.29) is 11.3 Å². The highest BCUT2D eigenvalue weighted by atomic mass is 32.1. The van der Waals surface area contributed by atoms with Crippen molar-refractivity contribution in [2.45, 2.75) is 33.2 Å². The van der Waals surface area contributed by atoms with E-state index in [4.69, 9.17) is 14.2 Å². The number of methoxy groups -OCH3 is 1. The molecule has 1 aliphatic heterocycles. The molecule has 1 aliphatic rings. The first kappa shape index (κ1) is 27.2. The zero-order valence-corrected chi connectivity index (χ0v) is 23.6. The zero-order valence-electron chi connectivity index (χ0n) is 22.8. The van der Waals surface area contributed by atoms with Gasteiger partial charge in [-0.1, -0.05) is 54.2 Å². The lowest BCUT2D eigenvalue weighted by atomic mass is 9.95. The van der Waals surface area contributed by atoms with Crippen LogP contribution >= 0.6 is 11.3 Å². The van der Waals surface area contributed by atoms with Gasteiger partial charge in [0.25, 0.3) is 5.78 Å². The van der Waals surface area contributed by atoms with Crippen molar-refractivity contribution < 1.29 is 28.9 Å². The molecular weight excluding hydrogens is 528 g/mol. The van der Waals surface area contributed by atoms with E-state index in [2.05, 4.69) is 4.98 Å². The molecule has 8 nitrogen and oxygen atoms in total. The maximum absolute atomic E-state index is 13.6. The Bertz CT molecular complexity index is 1610. The van der Waals surface area contributed by atoms with Crippen molar-refractivity contribution in [1.29, 1.82) is 0 Å². The van der Waals surface area contributed by atoms with Crippen LogP contribution in [0.4, 0.5) is 5.13 Å². The van der Waals surface area contributed by atoms with Crippen LogP contribution < -0.4 is 19.1 Å². The molecule has 0 bridgehead atoms. The smallest absolute Gasteiger partial charge is 0.301 e. The minimum atomic E-state index is -0.941. The number of aliphatic hydroxyl groups is 1. The summed E-state index contributed by atoms with van der Waals surface area (Å²) in [5.41, 5.74) is 2.67. The van der Waals surface area contributed by atoms with Crippen LogP contribution in [0.2, 0.25) is 0 Å². The quantitative estimate of drug-likeness (QED) is 0.144. The number of nitrogens with zero attached hydrogens (tertiary/aromatic N) is 2. The van der Waals surface area contributed by atoms with Gasteiger partial charge in [0.1, 0.15) is 11.5 Å². The minimum absolute atomic E-state index is 0.0182. The van der Waals surface area contributed by atoms with Gasteiger partial charge in [-0.25, -0.2) is 4.98 Å². The van der Waals surface area contributed by atoms with Gasteiger partial charge in [-0.15, -0.1) is 0 Å². The number of fused-ring (bicyclic) bond motifs is 1. The first-order valence-corrected chi connectivity index (χ1v) is 13.9. The van der Waals surface area contributed by atoms with E-state index in [1.54, 1.807) is 49.6 Å². The molecule has 1 saturated heterocycles. The van der Waals surface area contributed by atoms with Crippen LogP contribution in [0, 0.1) is 6.92 Å². The fourth-order valence-corrected chi connectivity index (χ4v) is 5.65. The highest BCUT2D eigenvalue weighted by Crippen LogP contribution is 2.46. The van der Waals surface area contributed by atoms with Crippen molar-refractivity contribution in [3.63, 3.8) is 0 Å². The summed E-state index contributed by atoms with van der Waals surface area (Å²) in [6.45, 7) is 6.73. The van der Waals surface area contributed by atoms with Crippen LogP contribution in [0.1, 0.15) is 43.0 Å². The van der Waals surface area contributed by atoms with E-state index >= 15 is 0 Å². The van der Waals surface area contributed by atoms with Gasteiger partial charge in [0.2, 0.25) is 0 Å². The molecule has 1 fully saturated rings. The molecule has 1 atom stereocenters. The molecule has 3 aromatic carbocycles. The van der Waals surface area contributed by atoms with Crippen molar-refractivity contribution in [3.8, 4) is 17.2 Å². The predicted molar refractivity (Wildman–Crippen MR) is 156 cm³/mol. The number of aryl methyl sites for hydroxylation is 1. The fourth-order valence-electron chi connectivity index (χ4n) is 4.63. The molecule has 1 amide bonds. The third-order valence-electron chi connectivity index (χ3n) is 6.60. The second-order valence-electron chi connectivity index (χ2n) is 9.35. The third-order valence-corrected chi connectivity index (χ3v) is 7.62. The molecule has 0 aliphatic carbocycles. The summed E-state index contributed by atoms with van der Waals surface area (Å²) in [5, 5.41) is 11.8. The van der Waals surface area contributed by atoms with E-state index in [9.17, 15) is 14.7 Å². The maximum atomic E-state index is 13.6. The van der Waals surface area contributed by atoms with E-state index in [1.165, 1.54) is 16.2 Å². The Morgan fingerprint density at radius 2 is 1.77 bits per heavy atom. The van der Waals surface area contributed by atoms with Crippen LogP contribution in [-0.2, 0) is 9.59 Å². The van der Waals surface area contributed by atoms with Crippen molar-refractivity contribution in [2.24, 2.45) is 0 Å². The highest BCUT2D eigenvalue weighted by Gasteiger charge is 2.48. The average Bonchev–Trinajstić information content (AvgIpc) is 3.49. The lowest BCUT2D eigenvalue weighted by Gasteiger charge is -2.24. The number of carbonyl (C=O) groups is 2. The summed E-state index contributed by atoms with van der Waals surface area (Å²) in [6.07, 6.45) is 0.826. The number of ether oxygens (including phenoxy) is 3. The summed E-state index contributed by atoms with van der Waals surface area (Å²) in [6, 6.07) is 16.9. The Morgan fingerprint density at radius 3 is 2.48 bits per heavy atom. The van der Waals surface area contributed by atoms with Gasteiger partial charge in [-0.3, -0.25) is 14.5 Å². The zero-order chi connectivity index (χ0) is 28.4. The molecule has 1 unspecified atom stereocenters. The summed E-state index contributed by atoms with van der Waals surface area (Å²) in [5.74, 6) is -0.0980. The maximum Gasteiger partial charge on any atom is 0.301 e. The largest absolute Gasteiger partial charge is 0.507 e. The lowest BCUT2D eigenvalue weighted by Crippen LogP contribution is -2.29. The third kappa shape index (κ3) is 5.00. The molecule has 206 valence electrons. The number of aliphatic hydroxyl groups excluding tert-OH is 1. The van der Waals surface area contributed by atoms with Gasteiger partial charge in [0.15, 0.2) is 16.6 Å². The van der Waals surface area contributed by atoms with E-state index in [1.807, 2.05) is 39.0 Å². The number of hydrogen-bond donors (Lipinski definition) is 1. The number of thiazole rings is 1. The summed E-state index contributed by atoms with van der Waals surface area (Å²) < 4.78 is 17.9. The number of rotatable bonds is 9. The summed E-state index contributed by atoms with van der Waals surface area (Å²) >= 11 is 1.27. The van der Waals surface area contributed by atoms with Gasteiger partial charge in [0.05, 0.1) is 42.2 Å². The molecule has 4 aromatic rings. The molecule has 40 heavy (non-hydrogen) atoms. The van der Waals surface area contributed by atoms with Crippen molar-refractivity contribution in [3.05, 3.63) is 82.9 Å². The Morgan fingerprint density at radius 1 is 1.00 bits per heavy atom. The molecule has 0 radical (unpaired) electrons. The molecule has 5 rings (SSSR count). The minimum Gasteiger partial charge on any atom is -0.507 e.